The summed E-state index contributed by atoms with van der Waals surface area (Å²) < 4.78 is 9.86. The smallest absolute Gasteiger partial charge is 0.306 e. The maximum atomic E-state index is 11.5. The SMILES string of the molecule is CCCOC(=O)CCC(=O)NC(=S)NNC(=O)CCOCC. The maximum Gasteiger partial charge on any atom is 0.306 e. The monoisotopic (exact) mass is 333 g/mol. The molecule has 2 amide bonds. The van der Waals surface area contributed by atoms with Crippen molar-refractivity contribution in [1.82, 2.24) is 16.2 Å². The average Bonchev–Trinajstić information content (AvgIpc) is 2.49. The Kier molecular flexibility index (Phi) is 11.9. The van der Waals surface area contributed by atoms with Crippen molar-refractivity contribution in [2.24, 2.45) is 0 Å². The van der Waals surface area contributed by atoms with Gasteiger partial charge in [-0.05, 0) is 25.6 Å². The second-order valence-electron chi connectivity index (χ2n) is 4.22. The normalized spacial score (nSPS) is 9.73. The molecule has 0 rings (SSSR count). The van der Waals surface area contributed by atoms with Gasteiger partial charge in [-0.3, -0.25) is 25.2 Å². The third-order valence-electron chi connectivity index (χ3n) is 2.27. The van der Waals surface area contributed by atoms with Crippen molar-refractivity contribution in [3.8, 4) is 0 Å². The van der Waals surface area contributed by atoms with Crippen LogP contribution in [0.4, 0.5) is 0 Å². The van der Waals surface area contributed by atoms with E-state index < -0.39 is 11.9 Å². The Labute approximate surface area is 135 Å². The first-order chi connectivity index (χ1) is 10.5. The molecule has 0 heterocycles. The van der Waals surface area contributed by atoms with Crippen LogP contribution in [0.25, 0.3) is 0 Å². The van der Waals surface area contributed by atoms with Crippen molar-refractivity contribution in [3.63, 3.8) is 0 Å². The molecule has 0 atom stereocenters. The molecule has 0 aromatic rings. The minimum Gasteiger partial charge on any atom is -0.466 e. The van der Waals surface area contributed by atoms with Crippen molar-refractivity contribution in [2.75, 3.05) is 19.8 Å². The number of hydrazine groups is 1. The van der Waals surface area contributed by atoms with Crippen molar-refractivity contribution in [2.45, 2.75) is 39.5 Å². The van der Waals surface area contributed by atoms with Gasteiger partial charge < -0.3 is 14.8 Å². The van der Waals surface area contributed by atoms with Crippen LogP contribution in [-0.4, -0.2) is 42.7 Å². The quantitative estimate of drug-likeness (QED) is 0.239. The number of rotatable bonds is 9. The number of thiocarbonyl (C=S) groups is 1. The topological polar surface area (TPSA) is 106 Å². The van der Waals surface area contributed by atoms with Crippen LogP contribution in [0.15, 0.2) is 0 Å². The fourth-order valence-corrected chi connectivity index (χ4v) is 1.39. The number of esters is 1. The minimum atomic E-state index is -0.436. The number of carbonyl (C=O) groups is 3. The zero-order chi connectivity index (χ0) is 16.8. The fourth-order valence-electron chi connectivity index (χ4n) is 1.22. The summed E-state index contributed by atoms with van der Waals surface area (Å²) in [6.45, 7) is 4.90. The van der Waals surface area contributed by atoms with Crippen LogP contribution >= 0.6 is 12.2 Å². The highest BCUT2D eigenvalue weighted by molar-refractivity contribution is 7.80. The molecule has 0 aromatic carbocycles. The van der Waals surface area contributed by atoms with Gasteiger partial charge in [-0.25, -0.2) is 0 Å². The largest absolute Gasteiger partial charge is 0.466 e. The Balaban J connectivity index is 3.75. The second-order valence-corrected chi connectivity index (χ2v) is 4.63. The number of hydrogen-bond acceptors (Lipinski definition) is 6. The lowest BCUT2D eigenvalue weighted by molar-refractivity contribution is -0.144. The van der Waals surface area contributed by atoms with Gasteiger partial charge in [0, 0.05) is 13.0 Å². The van der Waals surface area contributed by atoms with E-state index in [0.29, 0.717) is 19.8 Å². The highest BCUT2D eigenvalue weighted by atomic mass is 32.1. The molecule has 0 saturated heterocycles. The van der Waals surface area contributed by atoms with Gasteiger partial charge in [-0.2, -0.15) is 0 Å². The lowest BCUT2D eigenvalue weighted by Crippen LogP contribution is -2.48. The summed E-state index contributed by atoms with van der Waals surface area (Å²) in [6.07, 6.45) is 0.855. The van der Waals surface area contributed by atoms with E-state index in [1.54, 1.807) is 0 Å². The van der Waals surface area contributed by atoms with Gasteiger partial charge in [-0.15, -0.1) is 0 Å². The molecule has 0 fully saturated rings. The summed E-state index contributed by atoms with van der Waals surface area (Å²) in [7, 11) is 0. The molecule has 0 spiro atoms. The van der Waals surface area contributed by atoms with Gasteiger partial charge in [0.05, 0.1) is 26.1 Å². The molecule has 9 heteroatoms. The van der Waals surface area contributed by atoms with Gasteiger partial charge in [0.2, 0.25) is 11.8 Å². The molecule has 0 saturated carbocycles. The second kappa shape index (κ2) is 13.0. The highest BCUT2D eigenvalue weighted by Gasteiger charge is 2.09. The van der Waals surface area contributed by atoms with Gasteiger partial charge in [0.1, 0.15) is 0 Å². The molecule has 0 aliphatic heterocycles. The first-order valence-corrected chi connectivity index (χ1v) is 7.52. The van der Waals surface area contributed by atoms with Crippen LogP contribution < -0.4 is 16.2 Å². The first kappa shape index (κ1) is 20.3. The van der Waals surface area contributed by atoms with E-state index in [0.717, 1.165) is 6.42 Å². The highest BCUT2D eigenvalue weighted by Crippen LogP contribution is 1.94. The maximum absolute atomic E-state index is 11.5. The molecule has 8 nitrogen and oxygen atoms in total. The summed E-state index contributed by atoms with van der Waals surface area (Å²) in [5, 5.41) is 2.30. The Morgan fingerprint density at radius 3 is 2.32 bits per heavy atom. The van der Waals surface area contributed by atoms with Crippen molar-refractivity contribution in [3.05, 3.63) is 0 Å². The number of nitrogens with one attached hydrogen (secondary N) is 3. The molecule has 0 aliphatic rings. The van der Waals surface area contributed by atoms with Crippen LogP contribution in [0, 0.1) is 0 Å². The van der Waals surface area contributed by atoms with Crippen molar-refractivity contribution in [1.29, 1.82) is 0 Å². The molecule has 22 heavy (non-hydrogen) atoms. The summed E-state index contributed by atoms with van der Waals surface area (Å²) in [5.74, 6) is -1.18. The van der Waals surface area contributed by atoms with Crippen LogP contribution in [0.2, 0.25) is 0 Å². The Hall–Kier alpha value is -1.74. The predicted octanol–water partition coefficient (Wildman–Crippen LogP) is 0.168. The van der Waals surface area contributed by atoms with E-state index in [2.05, 4.69) is 16.2 Å². The van der Waals surface area contributed by atoms with E-state index in [-0.39, 0.29) is 30.3 Å². The molecule has 3 N–H and O–H groups in total. The van der Waals surface area contributed by atoms with E-state index in [4.69, 9.17) is 21.7 Å². The zero-order valence-electron chi connectivity index (χ0n) is 12.9. The summed E-state index contributed by atoms with van der Waals surface area (Å²) in [6, 6.07) is 0. The number of amides is 2. The molecule has 0 radical (unpaired) electrons. The number of ether oxygens (including phenoxy) is 2. The minimum absolute atomic E-state index is 0.0187. The summed E-state index contributed by atoms with van der Waals surface area (Å²) in [5.41, 5.74) is 4.71. The van der Waals surface area contributed by atoms with Crippen LogP contribution in [0.3, 0.4) is 0 Å². The molecular weight excluding hydrogens is 310 g/mol. The lowest BCUT2D eigenvalue weighted by Gasteiger charge is -2.10. The van der Waals surface area contributed by atoms with E-state index in [9.17, 15) is 14.4 Å². The number of carbonyl (C=O) groups excluding carboxylic acids is 3. The Morgan fingerprint density at radius 2 is 1.68 bits per heavy atom. The third-order valence-corrected chi connectivity index (χ3v) is 2.47. The van der Waals surface area contributed by atoms with Crippen LogP contribution in [0.5, 0.6) is 0 Å². The van der Waals surface area contributed by atoms with Crippen molar-refractivity contribution >= 4 is 35.1 Å². The van der Waals surface area contributed by atoms with Gasteiger partial charge in [0.25, 0.3) is 0 Å². The molecule has 0 bridgehead atoms. The Bertz CT molecular complexity index is 390. The van der Waals surface area contributed by atoms with Crippen LogP contribution in [-0.2, 0) is 23.9 Å². The molecular formula is C13H23N3O5S. The van der Waals surface area contributed by atoms with Crippen molar-refractivity contribution < 1.29 is 23.9 Å². The molecule has 0 aliphatic carbocycles. The third kappa shape index (κ3) is 12.0. The zero-order valence-corrected chi connectivity index (χ0v) is 13.7. The van der Waals surface area contributed by atoms with E-state index in [1.807, 2.05) is 13.8 Å². The van der Waals surface area contributed by atoms with Gasteiger partial charge in [-0.1, -0.05) is 6.92 Å². The summed E-state index contributed by atoms with van der Waals surface area (Å²) >= 11 is 4.83. The van der Waals surface area contributed by atoms with Gasteiger partial charge >= 0.3 is 5.97 Å². The lowest BCUT2D eigenvalue weighted by atomic mass is 10.3. The van der Waals surface area contributed by atoms with E-state index >= 15 is 0 Å². The van der Waals surface area contributed by atoms with Crippen LogP contribution in [0.1, 0.15) is 39.5 Å². The Morgan fingerprint density at radius 1 is 0.955 bits per heavy atom. The summed E-state index contributed by atoms with van der Waals surface area (Å²) in [4.78, 5) is 34.1. The number of hydrogen-bond donors (Lipinski definition) is 3. The predicted molar refractivity (Wildman–Crippen MR) is 83.6 cm³/mol. The average molecular weight is 333 g/mol. The molecule has 0 aromatic heterocycles. The fraction of sp³-hybridized carbons (Fsp3) is 0.692. The standard InChI is InChI=1S/C13H23N3O5S/c1-3-8-21-12(19)6-5-10(17)14-13(22)16-15-11(18)7-9-20-4-2/h3-9H2,1-2H3,(H,15,18)(H2,14,16,17,22). The molecule has 126 valence electrons. The van der Waals surface area contributed by atoms with Gasteiger partial charge in [0.15, 0.2) is 5.11 Å². The van der Waals surface area contributed by atoms with E-state index in [1.165, 1.54) is 0 Å². The molecule has 0 unspecified atom stereocenters. The first-order valence-electron chi connectivity index (χ1n) is 7.11.